The topological polar surface area (TPSA) is 93.3 Å². The number of benzene rings is 1. The number of nitrogens with zero attached hydrogens (tertiary/aromatic N) is 4. The molecule has 3 rings (SSSR count). The highest BCUT2D eigenvalue weighted by atomic mass is 32.1. The molecule has 0 aliphatic heterocycles. The van der Waals surface area contributed by atoms with Gasteiger partial charge in [0.05, 0.1) is 28.4 Å². The lowest BCUT2D eigenvalue weighted by Gasteiger charge is -2.29. The van der Waals surface area contributed by atoms with E-state index in [2.05, 4.69) is 40.6 Å². The molecule has 0 fully saturated rings. The summed E-state index contributed by atoms with van der Waals surface area (Å²) in [5.74, 6) is -0.203. The molecule has 152 valence electrons. The first-order chi connectivity index (χ1) is 14.0. The molecule has 0 saturated heterocycles. The van der Waals surface area contributed by atoms with Gasteiger partial charge < -0.3 is 5.32 Å². The second-order valence-electron chi connectivity index (χ2n) is 6.45. The Hall–Kier alpha value is -3.04. The van der Waals surface area contributed by atoms with Crippen LogP contribution in [-0.2, 0) is 0 Å². The zero-order valence-corrected chi connectivity index (χ0v) is 17.1. The molecule has 0 aliphatic rings. The molecule has 3 aromatic rings. The van der Waals surface area contributed by atoms with Gasteiger partial charge >= 0.3 is 0 Å². The number of hydrogen-bond acceptors (Lipinski definition) is 6. The van der Waals surface area contributed by atoms with Crippen molar-refractivity contribution >= 4 is 22.9 Å². The van der Waals surface area contributed by atoms with Crippen LogP contribution in [0.4, 0.5) is 5.69 Å². The lowest BCUT2D eigenvalue weighted by molar-refractivity contribution is -0.384. The van der Waals surface area contributed by atoms with Gasteiger partial charge in [-0.25, -0.2) is 4.68 Å². The van der Waals surface area contributed by atoms with Gasteiger partial charge in [0.15, 0.2) is 0 Å². The van der Waals surface area contributed by atoms with Gasteiger partial charge in [0.25, 0.3) is 11.6 Å². The van der Waals surface area contributed by atoms with Crippen molar-refractivity contribution in [2.75, 3.05) is 19.6 Å². The highest BCUT2D eigenvalue weighted by Crippen LogP contribution is 2.22. The normalized spacial score (nSPS) is 12.1. The lowest BCUT2D eigenvalue weighted by Crippen LogP contribution is -2.37. The number of nitrogens with one attached hydrogen (secondary N) is 1. The monoisotopic (exact) mass is 413 g/mol. The average molecular weight is 414 g/mol. The summed E-state index contributed by atoms with van der Waals surface area (Å²) < 4.78 is 1.53. The van der Waals surface area contributed by atoms with Crippen molar-refractivity contribution in [1.29, 1.82) is 0 Å². The quantitative estimate of drug-likeness (QED) is 0.427. The number of amides is 1. The number of rotatable bonds is 9. The fourth-order valence-corrected chi connectivity index (χ4v) is 3.89. The zero-order chi connectivity index (χ0) is 20.8. The average Bonchev–Trinajstić information content (AvgIpc) is 3.43. The van der Waals surface area contributed by atoms with Gasteiger partial charge in [-0.15, -0.1) is 0 Å². The predicted molar refractivity (Wildman–Crippen MR) is 113 cm³/mol. The summed E-state index contributed by atoms with van der Waals surface area (Å²) in [7, 11) is 0. The number of thiophene rings is 1. The third-order valence-electron chi connectivity index (χ3n) is 4.81. The number of likely N-dealkylation sites (N-methyl/N-ethyl adjacent to an activating group) is 1. The Balaban J connectivity index is 1.68. The summed E-state index contributed by atoms with van der Waals surface area (Å²) in [5.41, 5.74) is 2.29. The number of nitro groups is 1. The molecule has 2 aromatic heterocycles. The van der Waals surface area contributed by atoms with Gasteiger partial charge in [0.2, 0.25) is 0 Å². The largest absolute Gasteiger partial charge is 0.350 e. The summed E-state index contributed by atoms with van der Waals surface area (Å²) in [6, 6.07) is 8.22. The molecule has 2 heterocycles. The zero-order valence-electron chi connectivity index (χ0n) is 16.3. The maximum Gasteiger partial charge on any atom is 0.269 e. The van der Waals surface area contributed by atoms with Crippen LogP contribution >= 0.6 is 11.3 Å². The summed E-state index contributed by atoms with van der Waals surface area (Å²) in [5, 5.41) is 22.1. The first-order valence-corrected chi connectivity index (χ1v) is 10.3. The van der Waals surface area contributed by atoms with E-state index < -0.39 is 4.92 Å². The minimum absolute atomic E-state index is 0.00903. The Bertz CT molecular complexity index is 949. The Morgan fingerprint density at radius 3 is 2.59 bits per heavy atom. The van der Waals surface area contributed by atoms with E-state index in [1.54, 1.807) is 29.7 Å². The standard InChI is InChI=1S/C20H23N5O3S/c1-3-23(4-2)19(15-9-10-29-14-15)12-21-20(26)16-11-22-24(13-16)17-5-7-18(8-6-17)25(27)28/h5-11,13-14,19H,3-4,12H2,1-2H3,(H,21,26). The van der Waals surface area contributed by atoms with Crippen LogP contribution in [0.15, 0.2) is 53.5 Å². The van der Waals surface area contributed by atoms with E-state index >= 15 is 0 Å². The number of carbonyl (C=O) groups is 1. The number of carbonyl (C=O) groups excluding carboxylic acids is 1. The maximum atomic E-state index is 12.6. The fourth-order valence-electron chi connectivity index (χ4n) is 3.19. The molecular weight excluding hydrogens is 390 g/mol. The summed E-state index contributed by atoms with van der Waals surface area (Å²) in [6.45, 7) is 6.51. The Labute approximate surface area is 172 Å². The Kier molecular flexibility index (Phi) is 6.73. The van der Waals surface area contributed by atoms with Gasteiger partial charge in [-0.2, -0.15) is 16.4 Å². The fraction of sp³-hybridized carbons (Fsp3) is 0.300. The molecule has 0 bridgehead atoms. The van der Waals surface area contributed by atoms with Gasteiger partial charge in [-0.3, -0.25) is 19.8 Å². The molecular formula is C20H23N5O3S. The van der Waals surface area contributed by atoms with Crippen LogP contribution in [0.3, 0.4) is 0 Å². The molecule has 1 amide bonds. The van der Waals surface area contributed by atoms with Crippen LogP contribution < -0.4 is 5.32 Å². The van der Waals surface area contributed by atoms with E-state index in [9.17, 15) is 14.9 Å². The highest BCUT2D eigenvalue weighted by molar-refractivity contribution is 7.07. The summed E-state index contributed by atoms with van der Waals surface area (Å²) in [4.78, 5) is 25.3. The van der Waals surface area contributed by atoms with Crippen LogP contribution in [0.1, 0.15) is 35.8 Å². The first-order valence-electron chi connectivity index (χ1n) is 9.37. The SMILES string of the molecule is CCN(CC)C(CNC(=O)c1cnn(-c2ccc([N+](=O)[O-])cc2)c1)c1ccsc1. The van der Waals surface area contributed by atoms with Gasteiger partial charge in [0, 0.05) is 24.9 Å². The molecule has 1 unspecified atom stereocenters. The summed E-state index contributed by atoms with van der Waals surface area (Å²) >= 11 is 1.65. The first kappa shape index (κ1) is 20.7. The number of non-ortho nitro benzene ring substituents is 1. The van der Waals surface area contributed by atoms with Crippen molar-refractivity contribution in [2.24, 2.45) is 0 Å². The molecule has 0 radical (unpaired) electrons. The van der Waals surface area contributed by atoms with Crippen LogP contribution in [-0.4, -0.2) is 45.1 Å². The Morgan fingerprint density at radius 2 is 2.00 bits per heavy atom. The molecule has 0 spiro atoms. The van der Waals surface area contributed by atoms with Crippen molar-refractivity contribution in [3.05, 3.63) is 74.7 Å². The molecule has 1 atom stereocenters. The van der Waals surface area contributed by atoms with Gasteiger partial charge in [-0.05, 0) is 47.6 Å². The number of aromatic nitrogens is 2. The number of hydrogen-bond donors (Lipinski definition) is 1. The second-order valence-corrected chi connectivity index (χ2v) is 7.23. The molecule has 0 aliphatic carbocycles. The van der Waals surface area contributed by atoms with Crippen LogP contribution in [0.5, 0.6) is 0 Å². The van der Waals surface area contributed by atoms with Crippen molar-refractivity contribution < 1.29 is 9.72 Å². The molecule has 0 saturated carbocycles. The van der Waals surface area contributed by atoms with Gasteiger partial charge in [-0.1, -0.05) is 13.8 Å². The maximum absolute atomic E-state index is 12.6. The Morgan fingerprint density at radius 1 is 1.28 bits per heavy atom. The molecule has 8 nitrogen and oxygen atoms in total. The molecule has 1 N–H and O–H groups in total. The summed E-state index contributed by atoms with van der Waals surface area (Å²) in [6.07, 6.45) is 3.11. The van der Waals surface area contributed by atoms with Gasteiger partial charge in [0.1, 0.15) is 0 Å². The third-order valence-corrected chi connectivity index (χ3v) is 5.51. The predicted octanol–water partition coefficient (Wildman–Crippen LogP) is 3.65. The van der Waals surface area contributed by atoms with Crippen molar-refractivity contribution in [3.63, 3.8) is 0 Å². The van der Waals surface area contributed by atoms with E-state index in [0.717, 1.165) is 13.1 Å². The molecule has 1 aromatic carbocycles. The van der Waals surface area contributed by atoms with Crippen LogP contribution in [0.25, 0.3) is 5.69 Å². The van der Waals surface area contributed by atoms with E-state index in [0.29, 0.717) is 17.8 Å². The lowest BCUT2D eigenvalue weighted by atomic mass is 10.1. The highest BCUT2D eigenvalue weighted by Gasteiger charge is 2.20. The molecule has 9 heteroatoms. The minimum Gasteiger partial charge on any atom is -0.350 e. The van der Waals surface area contributed by atoms with Crippen molar-refractivity contribution in [2.45, 2.75) is 19.9 Å². The smallest absolute Gasteiger partial charge is 0.269 e. The second kappa shape index (κ2) is 9.44. The van der Waals surface area contributed by atoms with E-state index in [-0.39, 0.29) is 17.6 Å². The minimum atomic E-state index is -0.453. The van der Waals surface area contributed by atoms with Crippen LogP contribution in [0, 0.1) is 10.1 Å². The van der Waals surface area contributed by atoms with E-state index in [4.69, 9.17) is 0 Å². The number of nitro benzene ring substituents is 1. The van der Waals surface area contributed by atoms with Crippen LogP contribution in [0.2, 0.25) is 0 Å². The molecule has 29 heavy (non-hydrogen) atoms. The van der Waals surface area contributed by atoms with Crippen molar-refractivity contribution in [1.82, 2.24) is 20.0 Å². The van der Waals surface area contributed by atoms with E-state index in [1.165, 1.54) is 28.6 Å². The van der Waals surface area contributed by atoms with E-state index in [1.807, 2.05) is 5.38 Å². The van der Waals surface area contributed by atoms with Crippen molar-refractivity contribution in [3.8, 4) is 5.69 Å². The third kappa shape index (κ3) is 4.87.